The molecule has 0 radical (unpaired) electrons. The number of nitrogens with zero attached hydrogens (tertiary/aromatic N) is 1. The Morgan fingerprint density at radius 3 is 2.93 bits per heavy atom. The van der Waals surface area contributed by atoms with Gasteiger partial charge >= 0.3 is 0 Å². The van der Waals surface area contributed by atoms with Crippen molar-refractivity contribution in [3.8, 4) is 0 Å². The van der Waals surface area contributed by atoms with E-state index in [9.17, 15) is 4.79 Å². The van der Waals surface area contributed by atoms with E-state index in [0.29, 0.717) is 11.9 Å². The minimum absolute atomic E-state index is 0.0943. The highest BCUT2D eigenvalue weighted by molar-refractivity contribution is 5.52. The Hall–Kier alpha value is -1.52. The summed E-state index contributed by atoms with van der Waals surface area (Å²) >= 11 is 0. The fourth-order valence-corrected chi connectivity index (χ4v) is 2.05. The lowest BCUT2D eigenvalue weighted by atomic mass is 10.1. The lowest BCUT2D eigenvalue weighted by Gasteiger charge is -2.07. The molecule has 0 saturated heterocycles. The molecule has 74 valence electrons. The van der Waals surface area contributed by atoms with Gasteiger partial charge in [0.15, 0.2) is 0 Å². The van der Waals surface area contributed by atoms with Crippen LogP contribution in [0.2, 0.25) is 0 Å². The van der Waals surface area contributed by atoms with Gasteiger partial charge in [0.2, 0.25) is 5.95 Å². The Bertz CT molecular complexity index is 435. The van der Waals surface area contributed by atoms with Crippen LogP contribution in [-0.2, 0) is 6.42 Å². The van der Waals surface area contributed by atoms with E-state index in [-0.39, 0.29) is 11.5 Å². The van der Waals surface area contributed by atoms with Gasteiger partial charge in [0.25, 0.3) is 5.56 Å². The van der Waals surface area contributed by atoms with Crippen LogP contribution in [0.5, 0.6) is 0 Å². The van der Waals surface area contributed by atoms with Crippen LogP contribution >= 0.6 is 0 Å². The average Bonchev–Trinajstić information content (AvgIpc) is 2.87. The summed E-state index contributed by atoms with van der Waals surface area (Å²) in [6.45, 7) is 0. The molecule has 1 atom stereocenters. The molecule has 1 aromatic heterocycles. The van der Waals surface area contributed by atoms with Gasteiger partial charge in [-0.2, -0.15) is 4.98 Å². The summed E-state index contributed by atoms with van der Waals surface area (Å²) in [4.78, 5) is 18.1. The van der Waals surface area contributed by atoms with Gasteiger partial charge in [-0.3, -0.25) is 9.78 Å². The lowest BCUT2D eigenvalue weighted by molar-refractivity contribution is 0.657. The molecule has 1 aliphatic heterocycles. The van der Waals surface area contributed by atoms with Crippen LogP contribution in [0.4, 0.5) is 11.8 Å². The van der Waals surface area contributed by atoms with Crippen molar-refractivity contribution in [3.63, 3.8) is 0 Å². The minimum atomic E-state index is -0.0943. The van der Waals surface area contributed by atoms with Gasteiger partial charge in [0.05, 0.1) is 5.56 Å². The number of aromatic amines is 1. The van der Waals surface area contributed by atoms with Crippen LogP contribution in [-0.4, -0.2) is 16.0 Å². The Labute approximate surface area is 80.7 Å². The van der Waals surface area contributed by atoms with Crippen LogP contribution < -0.4 is 16.6 Å². The third-order valence-electron chi connectivity index (χ3n) is 2.97. The van der Waals surface area contributed by atoms with Gasteiger partial charge in [-0.15, -0.1) is 0 Å². The molecule has 0 spiro atoms. The van der Waals surface area contributed by atoms with Crippen molar-refractivity contribution in [2.45, 2.75) is 25.3 Å². The molecule has 1 saturated carbocycles. The SMILES string of the molecule is Nc1nc2c(c(=O)[nH]1)CC(C1CC1)N2. The summed E-state index contributed by atoms with van der Waals surface area (Å²) in [5.74, 6) is 1.60. The van der Waals surface area contributed by atoms with E-state index in [0.717, 1.165) is 17.9 Å². The van der Waals surface area contributed by atoms with Gasteiger partial charge in [-0.05, 0) is 18.8 Å². The zero-order chi connectivity index (χ0) is 9.71. The molecule has 1 unspecified atom stereocenters. The first-order chi connectivity index (χ1) is 6.74. The van der Waals surface area contributed by atoms with E-state index in [4.69, 9.17) is 5.73 Å². The molecule has 2 aliphatic rings. The van der Waals surface area contributed by atoms with E-state index >= 15 is 0 Å². The molecule has 5 heteroatoms. The maximum Gasteiger partial charge on any atom is 0.257 e. The fraction of sp³-hybridized carbons (Fsp3) is 0.556. The van der Waals surface area contributed by atoms with Gasteiger partial charge in [0.1, 0.15) is 5.82 Å². The molecule has 0 bridgehead atoms. The second kappa shape index (κ2) is 2.50. The van der Waals surface area contributed by atoms with Crippen LogP contribution in [0.3, 0.4) is 0 Å². The Balaban J connectivity index is 2.00. The van der Waals surface area contributed by atoms with E-state index < -0.39 is 0 Å². The number of hydrogen-bond acceptors (Lipinski definition) is 4. The first-order valence-electron chi connectivity index (χ1n) is 4.89. The second-order valence-corrected chi connectivity index (χ2v) is 4.07. The molecule has 0 aromatic carbocycles. The van der Waals surface area contributed by atoms with Crippen molar-refractivity contribution in [3.05, 3.63) is 15.9 Å². The highest BCUT2D eigenvalue weighted by atomic mass is 16.1. The predicted molar refractivity (Wildman–Crippen MR) is 53.1 cm³/mol. The molecule has 14 heavy (non-hydrogen) atoms. The molecule has 1 aromatic rings. The number of nitrogens with two attached hydrogens (primary N) is 1. The third kappa shape index (κ3) is 1.08. The van der Waals surface area contributed by atoms with E-state index in [1.807, 2.05) is 0 Å². The lowest BCUT2D eigenvalue weighted by Crippen LogP contribution is -2.18. The maximum atomic E-state index is 11.5. The number of fused-ring (bicyclic) bond motifs is 1. The van der Waals surface area contributed by atoms with Gasteiger partial charge in [-0.25, -0.2) is 0 Å². The summed E-state index contributed by atoms with van der Waals surface area (Å²) < 4.78 is 0. The van der Waals surface area contributed by atoms with Crippen LogP contribution in [0, 0.1) is 5.92 Å². The quantitative estimate of drug-likeness (QED) is 0.589. The zero-order valence-electron chi connectivity index (χ0n) is 7.71. The number of anilines is 2. The maximum absolute atomic E-state index is 11.5. The molecule has 1 fully saturated rings. The monoisotopic (exact) mass is 192 g/mol. The number of H-pyrrole nitrogens is 1. The zero-order valence-corrected chi connectivity index (χ0v) is 7.71. The summed E-state index contributed by atoms with van der Waals surface area (Å²) in [5, 5.41) is 3.27. The normalized spacial score (nSPS) is 24.4. The van der Waals surface area contributed by atoms with Crippen molar-refractivity contribution in [2.24, 2.45) is 5.92 Å². The standard InChI is InChI=1S/C9H12N4O/c10-9-12-7-5(8(14)13-9)3-6(11-7)4-1-2-4/h4,6H,1-3H2,(H4,10,11,12,13,14). The third-order valence-corrected chi connectivity index (χ3v) is 2.97. The van der Waals surface area contributed by atoms with Gasteiger partial charge in [0, 0.05) is 12.5 Å². The molecular formula is C9H12N4O. The molecule has 2 heterocycles. The Kier molecular flexibility index (Phi) is 1.40. The van der Waals surface area contributed by atoms with E-state index in [1.165, 1.54) is 12.8 Å². The predicted octanol–water partition coefficient (Wildman–Crippen LogP) is 0.0987. The number of nitrogens with one attached hydrogen (secondary N) is 2. The highest BCUT2D eigenvalue weighted by Crippen LogP contribution is 2.38. The molecule has 0 amide bonds. The smallest absolute Gasteiger partial charge is 0.257 e. The van der Waals surface area contributed by atoms with Crippen LogP contribution in [0.1, 0.15) is 18.4 Å². The van der Waals surface area contributed by atoms with E-state index in [1.54, 1.807) is 0 Å². The summed E-state index contributed by atoms with van der Waals surface area (Å²) in [7, 11) is 0. The first kappa shape index (κ1) is 7.84. The van der Waals surface area contributed by atoms with E-state index in [2.05, 4.69) is 15.3 Å². The number of rotatable bonds is 1. The highest BCUT2D eigenvalue weighted by Gasteiger charge is 2.36. The number of hydrogen-bond donors (Lipinski definition) is 3. The second-order valence-electron chi connectivity index (χ2n) is 4.07. The Morgan fingerprint density at radius 2 is 2.21 bits per heavy atom. The largest absolute Gasteiger partial charge is 0.369 e. The average molecular weight is 192 g/mol. The molecular weight excluding hydrogens is 180 g/mol. The van der Waals surface area contributed by atoms with Gasteiger partial charge < -0.3 is 11.1 Å². The molecule has 5 nitrogen and oxygen atoms in total. The molecule has 4 N–H and O–H groups in total. The summed E-state index contributed by atoms with van der Waals surface area (Å²) in [5.41, 5.74) is 6.13. The number of nitrogen functional groups attached to an aromatic ring is 1. The van der Waals surface area contributed by atoms with Crippen molar-refractivity contribution < 1.29 is 0 Å². The van der Waals surface area contributed by atoms with Crippen molar-refractivity contribution in [1.29, 1.82) is 0 Å². The van der Waals surface area contributed by atoms with Crippen molar-refractivity contribution in [2.75, 3.05) is 11.1 Å². The van der Waals surface area contributed by atoms with Crippen molar-refractivity contribution in [1.82, 2.24) is 9.97 Å². The van der Waals surface area contributed by atoms with Crippen LogP contribution in [0.25, 0.3) is 0 Å². The Morgan fingerprint density at radius 1 is 1.43 bits per heavy atom. The summed E-state index contributed by atoms with van der Waals surface area (Å²) in [6.07, 6.45) is 3.32. The topological polar surface area (TPSA) is 83.8 Å². The van der Waals surface area contributed by atoms with Crippen molar-refractivity contribution >= 4 is 11.8 Å². The van der Waals surface area contributed by atoms with Gasteiger partial charge in [-0.1, -0.05) is 0 Å². The summed E-state index contributed by atoms with van der Waals surface area (Å²) in [6, 6.07) is 0.403. The molecule has 3 rings (SSSR count). The van der Waals surface area contributed by atoms with Crippen LogP contribution in [0.15, 0.2) is 4.79 Å². The fourth-order valence-electron chi connectivity index (χ4n) is 2.05. The minimum Gasteiger partial charge on any atom is -0.369 e. The molecule has 1 aliphatic carbocycles. The number of aromatic nitrogens is 2. The first-order valence-corrected chi connectivity index (χ1v) is 4.89.